The Labute approximate surface area is 194 Å². The summed E-state index contributed by atoms with van der Waals surface area (Å²) < 4.78 is 11.8. The van der Waals surface area contributed by atoms with Crippen molar-refractivity contribution in [3.05, 3.63) is 29.3 Å². The molecule has 0 radical (unpaired) electrons. The highest BCUT2D eigenvalue weighted by Crippen LogP contribution is 2.44. The van der Waals surface area contributed by atoms with E-state index in [0.717, 1.165) is 42.0 Å². The standard InChI is InChI=1S/C23H33N5O3S/c1-15(2)28(16(3)4)12-17(29)13-31-19-7-6-18-20(21(19)30-5)25-23(26-10-11-32-14-26)27-9-8-24-22(18)27/h6-7,10-11,15-17,29H,8-9,12-14H2,1-5H3/t17-/m1/s1. The molecule has 0 saturated carbocycles. The number of ether oxygens (including phenoxy) is 2. The van der Waals surface area contributed by atoms with Crippen LogP contribution in [0.5, 0.6) is 11.5 Å². The van der Waals surface area contributed by atoms with Gasteiger partial charge < -0.3 is 19.5 Å². The van der Waals surface area contributed by atoms with E-state index in [-0.39, 0.29) is 6.61 Å². The van der Waals surface area contributed by atoms with Gasteiger partial charge in [-0.2, -0.15) is 0 Å². The molecule has 9 heteroatoms. The van der Waals surface area contributed by atoms with Crippen LogP contribution in [0.4, 0.5) is 5.69 Å². The fourth-order valence-electron chi connectivity index (χ4n) is 4.31. The van der Waals surface area contributed by atoms with E-state index in [1.54, 1.807) is 18.9 Å². The summed E-state index contributed by atoms with van der Waals surface area (Å²) in [6.07, 6.45) is 1.43. The summed E-state index contributed by atoms with van der Waals surface area (Å²) in [5, 5.41) is 12.7. The molecule has 0 bridgehead atoms. The SMILES string of the molecule is COc1c(OC[C@H](O)CN(C(C)C)C(C)C)ccc2c1N=C(N1C=CSC1)N1CCN=C21. The van der Waals surface area contributed by atoms with Gasteiger partial charge in [0.1, 0.15) is 24.2 Å². The predicted octanol–water partition coefficient (Wildman–Crippen LogP) is 3.09. The van der Waals surface area contributed by atoms with E-state index in [1.165, 1.54) is 0 Å². The van der Waals surface area contributed by atoms with Crippen LogP contribution in [0.2, 0.25) is 0 Å². The van der Waals surface area contributed by atoms with Crippen LogP contribution in [0.15, 0.2) is 33.7 Å². The van der Waals surface area contributed by atoms with Gasteiger partial charge >= 0.3 is 0 Å². The number of rotatable bonds is 8. The molecule has 0 aromatic heterocycles. The van der Waals surface area contributed by atoms with Gasteiger partial charge in [0.15, 0.2) is 11.5 Å². The Morgan fingerprint density at radius 1 is 1.22 bits per heavy atom. The molecule has 0 amide bonds. The maximum absolute atomic E-state index is 10.6. The van der Waals surface area contributed by atoms with Gasteiger partial charge in [-0.15, -0.1) is 11.8 Å². The number of benzene rings is 1. The predicted molar refractivity (Wildman–Crippen MR) is 130 cm³/mol. The summed E-state index contributed by atoms with van der Waals surface area (Å²) in [6.45, 7) is 10.8. The van der Waals surface area contributed by atoms with Gasteiger partial charge in [-0.05, 0) is 45.2 Å². The van der Waals surface area contributed by atoms with Crippen LogP contribution in [0.1, 0.15) is 33.3 Å². The van der Waals surface area contributed by atoms with Crippen molar-refractivity contribution < 1.29 is 14.6 Å². The van der Waals surface area contributed by atoms with Crippen LogP contribution in [0, 0.1) is 0 Å². The molecule has 4 rings (SSSR count). The van der Waals surface area contributed by atoms with Crippen molar-refractivity contribution in [2.45, 2.75) is 45.9 Å². The second kappa shape index (κ2) is 9.72. The van der Waals surface area contributed by atoms with E-state index >= 15 is 0 Å². The zero-order valence-corrected chi connectivity index (χ0v) is 20.3. The molecule has 0 unspecified atom stereocenters. The number of hydrogen-bond acceptors (Lipinski definition) is 9. The largest absolute Gasteiger partial charge is 0.491 e. The first-order valence-corrected chi connectivity index (χ1v) is 12.2. The average Bonchev–Trinajstić information content (AvgIpc) is 3.46. The molecule has 1 aromatic rings. The molecule has 3 heterocycles. The second-order valence-electron chi connectivity index (χ2n) is 8.66. The van der Waals surface area contributed by atoms with Crippen molar-refractivity contribution in [1.29, 1.82) is 0 Å². The third-order valence-electron chi connectivity index (χ3n) is 5.82. The van der Waals surface area contributed by atoms with Crippen LogP contribution >= 0.6 is 11.8 Å². The van der Waals surface area contributed by atoms with E-state index < -0.39 is 6.10 Å². The van der Waals surface area contributed by atoms with E-state index in [0.29, 0.717) is 30.1 Å². The summed E-state index contributed by atoms with van der Waals surface area (Å²) in [5.41, 5.74) is 1.67. The third kappa shape index (κ3) is 4.46. The first kappa shape index (κ1) is 22.9. The Hall–Kier alpha value is -2.23. The minimum Gasteiger partial charge on any atom is -0.491 e. The first-order valence-electron chi connectivity index (χ1n) is 11.1. The van der Waals surface area contributed by atoms with E-state index in [2.05, 4.69) is 47.8 Å². The van der Waals surface area contributed by atoms with Gasteiger partial charge in [0.2, 0.25) is 5.96 Å². The summed E-state index contributed by atoms with van der Waals surface area (Å²) in [4.78, 5) is 16.2. The summed E-state index contributed by atoms with van der Waals surface area (Å²) in [6, 6.07) is 4.57. The van der Waals surface area contributed by atoms with E-state index in [9.17, 15) is 5.11 Å². The molecule has 8 nitrogen and oxygen atoms in total. The monoisotopic (exact) mass is 459 g/mol. The number of thioether (sulfide) groups is 1. The minimum atomic E-state index is -0.610. The van der Waals surface area contributed by atoms with Gasteiger partial charge in [0.05, 0.1) is 19.5 Å². The zero-order valence-electron chi connectivity index (χ0n) is 19.5. The normalized spacial score (nSPS) is 18.3. The first-order chi connectivity index (χ1) is 15.4. The van der Waals surface area contributed by atoms with Crippen molar-refractivity contribution in [3.63, 3.8) is 0 Å². The molecule has 3 aliphatic rings. The number of aliphatic hydroxyl groups excluding tert-OH is 1. The quantitative estimate of drug-likeness (QED) is 0.640. The molecule has 0 aliphatic carbocycles. The highest BCUT2D eigenvalue weighted by Gasteiger charge is 2.35. The Kier molecular flexibility index (Phi) is 6.97. The highest BCUT2D eigenvalue weighted by molar-refractivity contribution is 8.02. The highest BCUT2D eigenvalue weighted by atomic mass is 32.2. The topological polar surface area (TPSA) is 73.1 Å². The molecule has 1 atom stereocenters. The summed E-state index contributed by atoms with van der Waals surface area (Å²) in [7, 11) is 1.63. The number of guanidine groups is 1. The number of hydrogen-bond donors (Lipinski definition) is 1. The van der Waals surface area contributed by atoms with Crippen molar-refractivity contribution >= 4 is 29.2 Å². The molecule has 1 aromatic carbocycles. The molecular weight excluding hydrogens is 426 g/mol. The lowest BCUT2D eigenvalue weighted by molar-refractivity contribution is 0.0439. The molecule has 174 valence electrons. The lowest BCUT2D eigenvalue weighted by Gasteiger charge is -2.33. The third-order valence-corrected chi connectivity index (χ3v) is 6.56. The number of amidine groups is 1. The maximum atomic E-state index is 10.6. The van der Waals surface area contributed by atoms with E-state index in [1.807, 2.05) is 18.3 Å². The molecule has 3 aliphatic heterocycles. The molecule has 0 saturated heterocycles. The Morgan fingerprint density at radius 2 is 2.00 bits per heavy atom. The molecule has 32 heavy (non-hydrogen) atoms. The maximum Gasteiger partial charge on any atom is 0.212 e. The van der Waals surface area contributed by atoms with Gasteiger partial charge in [0.25, 0.3) is 0 Å². The zero-order chi connectivity index (χ0) is 22.8. The minimum absolute atomic E-state index is 0.181. The van der Waals surface area contributed by atoms with Crippen LogP contribution < -0.4 is 9.47 Å². The summed E-state index contributed by atoms with van der Waals surface area (Å²) >= 11 is 1.73. The lowest BCUT2D eigenvalue weighted by atomic mass is 10.1. The van der Waals surface area contributed by atoms with Gasteiger partial charge in [0, 0.05) is 36.9 Å². The van der Waals surface area contributed by atoms with Gasteiger partial charge in [-0.25, -0.2) is 4.99 Å². The number of nitrogens with zero attached hydrogens (tertiary/aromatic N) is 5. The summed E-state index contributed by atoms with van der Waals surface area (Å²) in [5.74, 6) is 3.75. The Balaban J connectivity index is 1.58. The van der Waals surface area contributed by atoms with Crippen LogP contribution in [0.25, 0.3) is 0 Å². The van der Waals surface area contributed by atoms with Gasteiger partial charge in [-0.3, -0.25) is 14.8 Å². The molecule has 0 spiro atoms. The molecule has 0 fully saturated rings. The van der Waals surface area contributed by atoms with Crippen molar-refractivity contribution in [3.8, 4) is 11.5 Å². The van der Waals surface area contributed by atoms with Crippen LogP contribution in [0.3, 0.4) is 0 Å². The molecule has 1 N–H and O–H groups in total. The Morgan fingerprint density at radius 3 is 2.66 bits per heavy atom. The number of methoxy groups -OCH3 is 1. The fourth-order valence-corrected chi connectivity index (χ4v) is 5.00. The number of fused-ring (bicyclic) bond motifs is 3. The second-order valence-corrected chi connectivity index (χ2v) is 9.53. The number of aliphatic hydroxyl groups is 1. The number of aliphatic imine (C=N–C) groups is 2. The lowest BCUT2D eigenvalue weighted by Crippen LogP contribution is -2.45. The molecular formula is C23H33N5O3S. The Bertz CT molecular complexity index is 922. The smallest absolute Gasteiger partial charge is 0.212 e. The average molecular weight is 460 g/mol. The van der Waals surface area contributed by atoms with Gasteiger partial charge in [-0.1, -0.05) is 0 Å². The van der Waals surface area contributed by atoms with Crippen LogP contribution in [-0.4, -0.2) is 89.0 Å². The fraction of sp³-hybridized carbons (Fsp3) is 0.565. The van der Waals surface area contributed by atoms with Crippen molar-refractivity contribution in [2.75, 3.05) is 39.2 Å². The van der Waals surface area contributed by atoms with E-state index in [4.69, 9.17) is 19.5 Å². The van der Waals surface area contributed by atoms with Crippen LogP contribution in [-0.2, 0) is 0 Å². The van der Waals surface area contributed by atoms with Crippen molar-refractivity contribution in [2.24, 2.45) is 9.98 Å². The van der Waals surface area contributed by atoms with Crippen molar-refractivity contribution in [1.82, 2.24) is 14.7 Å².